The molecule has 2 aromatic carbocycles. The molecule has 24 heavy (non-hydrogen) atoms. The van der Waals surface area contributed by atoms with Gasteiger partial charge in [-0.1, -0.05) is 30.3 Å². The second-order valence-corrected chi connectivity index (χ2v) is 6.22. The number of alkyl halides is 1. The third-order valence-electron chi connectivity index (χ3n) is 3.27. The number of thiazole rings is 1. The Labute approximate surface area is 145 Å². The second-order valence-electron chi connectivity index (χ2n) is 4.93. The molecule has 1 amide bonds. The zero-order valence-corrected chi connectivity index (χ0v) is 13.7. The minimum atomic E-state index is -0.948. The highest BCUT2D eigenvalue weighted by Gasteiger charge is 2.19. The summed E-state index contributed by atoms with van der Waals surface area (Å²) in [6.45, 7) is 0. The first-order valence-corrected chi connectivity index (χ1v) is 8.27. The van der Waals surface area contributed by atoms with Crippen LogP contribution in [0.2, 0.25) is 0 Å². The molecule has 1 N–H and O–H groups in total. The van der Waals surface area contributed by atoms with E-state index < -0.39 is 22.9 Å². The second kappa shape index (κ2) is 7.07. The smallest absolute Gasteiger partial charge is 0.248 e. The summed E-state index contributed by atoms with van der Waals surface area (Å²) in [6, 6.07) is 12.5. The summed E-state index contributed by atoms with van der Waals surface area (Å²) in [7, 11) is 0. The first-order chi connectivity index (χ1) is 11.5. The molecule has 0 aliphatic heterocycles. The number of anilines is 1. The van der Waals surface area contributed by atoms with Gasteiger partial charge in [-0.3, -0.25) is 4.79 Å². The van der Waals surface area contributed by atoms with Crippen LogP contribution in [0, 0.1) is 11.6 Å². The number of carbonyl (C=O) groups excluding carboxylic acids is 1. The minimum Gasteiger partial charge on any atom is -0.300 e. The van der Waals surface area contributed by atoms with Gasteiger partial charge in [0.05, 0.1) is 5.69 Å². The Morgan fingerprint density at radius 1 is 1.12 bits per heavy atom. The van der Waals surface area contributed by atoms with Gasteiger partial charge in [0.2, 0.25) is 5.91 Å². The van der Waals surface area contributed by atoms with E-state index in [0.717, 1.165) is 12.1 Å². The molecule has 0 bridgehead atoms. The Hall–Kier alpha value is -2.31. The first-order valence-electron chi connectivity index (χ1n) is 6.95. The molecule has 0 aliphatic carbocycles. The maximum atomic E-state index is 13.3. The number of rotatable bonds is 4. The summed E-state index contributed by atoms with van der Waals surface area (Å²) in [5.74, 6) is -2.28. The van der Waals surface area contributed by atoms with Gasteiger partial charge in [0.15, 0.2) is 16.8 Å². The zero-order valence-electron chi connectivity index (χ0n) is 12.2. The fraction of sp³-hybridized carbons (Fsp3) is 0.0588. The summed E-state index contributed by atoms with van der Waals surface area (Å²) in [5, 5.41) is 3.76. The average molecular weight is 365 g/mol. The van der Waals surface area contributed by atoms with Crippen LogP contribution in [0.3, 0.4) is 0 Å². The van der Waals surface area contributed by atoms with Gasteiger partial charge in [-0.15, -0.1) is 22.9 Å². The maximum Gasteiger partial charge on any atom is 0.248 e. The number of hydrogen-bond acceptors (Lipinski definition) is 3. The number of halogens is 3. The monoisotopic (exact) mass is 364 g/mol. The molecule has 3 aromatic rings. The summed E-state index contributed by atoms with van der Waals surface area (Å²) in [6.07, 6.45) is 0. The number of nitrogens with one attached hydrogen (secondary N) is 1. The van der Waals surface area contributed by atoms with Gasteiger partial charge in [0.25, 0.3) is 0 Å². The molecule has 3 rings (SSSR count). The van der Waals surface area contributed by atoms with Crippen LogP contribution >= 0.6 is 22.9 Å². The molecular weight excluding hydrogens is 354 g/mol. The highest BCUT2D eigenvalue weighted by atomic mass is 35.5. The Kier molecular flexibility index (Phi) is 4.87. The number of hydrogen-bond donors (Lipinski definition) is 1. The van der Waals surface area contributed by atoms with E-state index >= 15 is 0 Å². The first kappa shape index (κ1) is 16.5. The van der Waals surface area contributed by atoms with Crippen LogP contribution in [-0.2, 0) is 4.79 Å². The Morgan fingerprint density at radius 2 is 1.88 bits per heavy atom. The summed E-state index contributed by atoms with van der Waals surface area (Å²) >= 11 is 7.32. The number of carbonyl (C=O) groups is 1. The van der Waals surface area contributed by atoms with E-state index in [0.29, 0.717) is 22.0 Å². The number of nitrogens with zero attached hydrogens (tertiary/aromatic N) is 1. The molecule has 0 aliphatic rings. The molecule has 0 unspecified atom stereocenters. The average Bonchev–Trinajstić information content (AvgIpc) is 3.06. The van der Waals surface area contributed by atoms with Crippen molar-refractivity contribution in [3.8, 4) is 11.3 Å². The van der Waals surface area contributed by atoms with Crippen LogP contribution in [0.1, 0.15) is 10.9 Å². The zero-order chi connectivity index (χ0) is 17.1. The van der Waals surface area contributed by atoms with E-state index in [-0.39, 0.29) is 0 Å². The van der Waals surface area contributed by atoms with E-state index in [1.54, 1.807) is 29.6 Å². The quantitative estimate of drug-likeness (QED) is 0.661. The highest BCUT2D eigenvalue weighted by molar-refractivity contribution is 7.14. The molecule has 1 aromatic heterocycles. The molecule has 122 valence electrons. The summed E-state index contributed by atoms with van der Waals surface area (Å²) in [4.78, 5) is 16.4. The van der Waals surface area contributed by atoms with Crippen LogP contribution in [-0.4, -0.2) is 10.9 Å². The van der Waals surface area contributed by atoms with Gasteiger partial charge in [-0.05, 0) is 23.8 Å². The molecule has 1 heterocycles. The van der Waals surface area contributed by atoms with Crippen molar-refractivity contribution in [1.82, 2.24) is 4.98 Å². The SMILES string of the molecule is O=C(Nc1nc(-c2ccc(F)c(F)c2)cs1)[C@@H](Cl)c1ccccc1. The van der Waals surface area contributed by atoms with Crippen LogP contribution in [0.5, 0.6) is 0 Å². The van der Waals surface area contributed by atoms with E-state index in [9.17, 15) is 13.6 Å². The van der Waals surface area contributed by atoms with Gasteiger partial charge >= 0.3 is 0 Å². The Morgan fingerprint density at radius 3 is 2.58 bits per heavy atom. The topological polar surface area (TPSA) is 42.0 Å². The predicted octanol–water partition coefficient (Wildman–Crippen LogP) is 5.01. The lowest BCUT2D eigenvalue weighted by Crippen LogP contribution is -2.17. The summed E-state index contributed by atoms with van der Waals surface area (Å²) < 4.78 is 26.3. The van der Waals surface area contributed by atoms with Crippen molar-refractivity contribution in [3.63, 3.8) is 0 Å². The fourth-order valence-electron chi connectivity index (χ4n) is 2.06. The van der Waals surface area contributed by atoms with Crippen molar-refractivity contribution in [2.45, 2.75) is 5.38 Å². The van der Waals surface area contributed by atoms with E-state index in [4.69, 9.17) is 11.6 Å². The van der Waals surface area contributed by atoms with Crippen molar-refractivity contribution < 1.29 is 13.6 Å². The lowest BCUT2D eigenvalue weighted by Gasteiger charge is -2.08. The van der Waals surface area contributed by atoms with Crippen LogP contribution < -0.4 is 5.32 Å². The standard InChI is InChI=1S/C17H11ClF2N2OS/c18-15(10-4-2-1-3-5-10)16(23)22-17-21-14(9-24-17)11-6-7-12(19)13(20)8-11/h1-9,15H,(H,21,22,23)/t15-/m0/s1. The molecule has 1 atom stereocenters. The van der Waals surface area contributed by atoms with Gasteiger partial charge < -0.3 is 5.32 Å². The van der Waals surface area contributed by atoms with Gasteiger partial charge in [-0.2, -0.15) is 0 Å². The van der Waals surface area contributed by atoms with Gasteiger partial charge in [0, 0.05) is 10.9 Å². The lowest BCUT2D eigenvalue weighted by atomic mass is 10.1. The molecule has 0 saturated carbocycles. The van der Waals surface area contributed by atoms with Crippen molar-refractivity contribution >= 4 is 34.0 Å². The van der Waals surface area contributed by atoms with E-state index in [1.807, 2.05) is 6.07 Å². The lowest BCUT2D eigenvalue weighted by molar-refractivity contribution is -0.116. The largest absolute Gasteiger partial charge is 0.300 e. The summed E-state index contributed by atoms with van der Waals surface area (Å²) in [5.41, 5.74) is 1.55. The van der Waals surface area contributed by atoms with Crippen molar-refractivity contribution in [1.29, 1.82) is 0 Å². The molecule has 0 radical (unpaired) electrons. The number of aromatic nitrogens is 1. The molecule has 0 fully saturated rings. The molecule has 0 saturated heterocycles. The number of amides is 1. The molecule has 7 heteroatoms. The van der Waals surface area contributed by atoms with E-state index in [2.05, 4.69) is 10.3 Å². The molecular formula is C17H11ClF2N2OS. The normalized spacial score (nSPS) is 12.0. The molecule has 0 spiro atoms. The van der Waals surface area contributed by atoms with Crippen molar-refractivity contribution in [3.05, 3.63) is 71.1 Å². The van der Waals surface area contributed by atoms with Gasteiger partial charge in [0.1, 0.15) is 5.38 Å². The third-order valence-corrected chi connectivity index (χ3v) is 4.48. The van der Waals surface area contributed by atoms with Crippen LogP contribution in [0.25, 0.3) is 11.3 Å². The Balaban J connectivity index is 1.74. The predicted molar refractivity (Wildman–Crippen MR) is 91.1 cm³/mol. The van der Waals surface area contributed by atoms with Gasteiger partial charge in [-0.25, -0.2) is 13.8 Å². The van der Waals surface area contributed by atoms with Crippen LogP contribution in [0.4, 0.5) is 13.9 Å². The highest BCUT2D eigenvalue weighted by Crippen LogP contribution is 2.28. The van der Waals surface area contributed by atoms with Crippen LogP contribution in [0.15, 0.2) is 53.9 Å². The minimum absolute atomic E-state index is 0.335. The van der Waals surface area contributed by atoms with E-state index in [1.165, 1.54) is 17.4 Å². The van der Waals surface area contributed by atoms with Crippen molar-refractivity contribution in [2.24, 2.45) is 0 Å². The molecule has 3 nitrogen and oxygen atoms in total. The number of benzene rings is 2. The Bertz CT molecular complexity index is 870. The fourth-order valence-corrected chi connectivity index (χ4v) is 2.98. The third kappa shape index (κ3) is 3.60. The maximum absolute atomic E-state index is 13.3. The van der Waals surface area contributed by atoms with Crippen molar-refractivity contribution in [2.75, 3.05) is 5.32 Å².